The summed E-state index contributed by atoms with van der Waals surface area (Å²) in [5, 5.41) is 4.65. The van der Waals surface area contributed by atoms with Crippen LogP contribution in [-0.2, 0) is 4.74 Å². The molecule has 0 aliphatic carbocycles. The van der Waals surface area contributed by atoms with Crippen LogP contribution in [0.15, 0.2) is 6.20 Å². The van der Waals surface area contributed by atoms with Gasteiger partial charge in [-0.3, -0.25) is 0 Å². The van der Waals surface area contributed by atoms with Gasteiger partial charge in [0.05, 0.1) is 19.3 Å². The number of nitrogens with two attached hydrogens (primary N) is 1. The molecule has 3 unspecified atom stereocenters. The van der Waals surface area contributed by atoms with Gasteiger partial charge in [0.25, 0.3) is 0 Å². The lowest BCUT2D eigenvalue weighted by atomic mass is 9.85. The number of aryl methyl sites for hydroxylation is 1. The molecule has 96 valence electrons. The van der Waals surface area contributed by atoms with Gasteiger partial charge in [0.1, 0.15) is 5.01 Å². The molecule has 17 heavy (non-hydrogen) atoms. The number of hydrogen-bond donors (Lipinski definition) is 2. The molecule has 1 aliphatic rings. The first-order valence-electron chi connectivity index (χ1n) is 6.00. The van der Waals surface area contributed by atoms with E-state index in [0.717, 1.165) is 18.2 Å². The molecule has 0 bridgehead atoms. The number of ether oxygens (including phenoxy) is 1. The zero-order chi connectivity index (χ0) is 12.5. The number of hydrogen-bond acceptors (Lipinski definition) is 5. The Morgan fingerprint density at radius 1 is 1.76 bits per heavy atom. The molecule has 1 saturated heterocycles. The summed E-state index contributed by atoms with van der Waals surface area (Å²) in [6, 6.07) is 0.401. The Hall–Kier alpha value is -0.490. The number of nitrogens with zero attached hydrogens (tertiary/aromatic N) is 1. The Morgan fingerprint density at radius 2 is 2.53 bits per heavy atom. The third kappa shape index (κ3) is 2.85. The van der Waals surface area contributed by atoms with Crippen molar-refractivity contribution in [3.8, 4) is 0 Å². The first kappa shape index (κ1) is 13.0. The summed E-state index contributed by atoms with van der Waals surface area (Å²) < 4.78 is 5.44. The van der Waals surface area contributed by atoms with Crippen LogP contribution >= 0.6 is 11.3 Å². The predicted octanol–water partition coefficient (Wildman–Crippen LogP) is 1.47. The monoisotopic (exact) mass is 255 g/mol. The zero-order valence-corrected chi connectivity index (χ0v) is 11.5. The molecule has 0 radical (unpaired) electrons. The van der Waals surface area contributed by atoms with Crippen molar-refractivity contribution in [2.24, 2.45) is 11.1 Å². The van der Waals surface area contributed by atoms with Crippen molar-refractivity contribution in [1.82, 2.24) is 10.3 Å². The minimum absolute atomic E-state index is 0.0422. The maximum atomic E-state index is 6.06. The third-order valence-electron chi connectivity index (χ3n) is 3.45. The van der Waals surface area contributed by atoms with E-state index in [1.54, 1.807) is 11.3 Å². The summed E-state index contributed by atoms with van der Waals surface area (Å²) in [7, 11) is 0. The number of rotatable bonds is 4. The maximum Gasteiger partial charge on any atom is 0.109 e. The van der Waals surface area contributed by atoms with Gasteiger partial charge in [-0.25, -0.2) is 4.98 Å². The van der Waals surface area contributed by atoms with Gasteiger partial charge in [-0.1, -0.05) is 6.92 Å². The molecule has 0 amide bonds. The molecule has 4 nitrogen and oxygen atoms in total. The first-order valence-corrected chi connectivity index (χ1v) is 6.82. The van der Waals surface area contributed by atoms with Crippen LogP contribution in [0.3, 0.4) is 0 Å². The van der Waals surface area contributed by atoms with E-state index in [2.05, 4.69) is 31.1 Å². The van der Waals surface area contributed by atoms with E-state index in [1.165, 1.54) is 4.88 Å². The average Bonchev–Trinajstić information content (AvgIpc) is 2.84. The summed E-state index contributed by atoms with van der Waals surface area (Å²) in [4.78, 5) is 5.65. The number of nitrogens with one attached hydrogen (secondary N) is 1. The van der Waals surface area contributed by atoms with Crippen molar-refractivity contribution < 1.29 is 4.74 Å². The van der Waals surface area contributed by atoms with Crippen LogP contribution < -0.4 is 11.1 Å². The van der Waals surface area contributed by atoms with Crippen LogP contribution in [0.1, 0.15) is 29.8 Å². The van der Waals surface area contributed by atoms with E-state index in [0.29, 0.717) is 6.61 Å². The molecular formula is C12H21N3OS. The Labute approximate surface area is 107 Å². The van der Waals surface area contributed by atoms with E-state index in [1.807, 2.05) is 6.20 Å². The largest absolute Gasteiger partial charge is 0.379 e. The fourth-order valence-corrected chi connectivity index (χ4v) is 2.76. The van der Waals surface area contributed by atoms with Gasteiger partial charge in [0.15, 0.2) is 0 Å². The van der Waals surface area contributed by atoms with Crippen molar-refractivity contribution in [2.75, 3.05) is 19.8 Å². The second kappa shape index (κ2) is 5.02. The van der Waals surface area contributed by atoms with E-state index in [-0.39, 0.29) is 17.5 Å². The summed E-state index contributed by atoms with van der Waals surface area (Å²) >= 11 is 1.74. The normalized spacial score (nSPS) is 30.7. The average molecular weight is 255 g/mol. The Bertz CT molecular complexity index is 382. The van der Waals surface area contributed by atoms with Gasteiger partial charge >= 0.3 is 0 Å². The summed E-state index contributed by atoms with van der Waals surface area (Å²) in [6.45, 7) is 8.68. The molecule has 2 heterocycles. The Balaban J connectivity index is 1.90. The molecule has 1 aromatic heterocycles. The Kier molecular flexibility index (Phi) is 3.82. The topological polar surface area (TPSA) is 60.2 Å². The quantitative estimate of drug-likeness (QED) is 0.855. The molecule has 0 spiro atoms. The highest BCUT2D eigenvalue weighted by molar-refractivity contribution is 7.11. The number of aromatic nitrogens is 1. The fraction of sp³-hybridized carbons (Fsp3) is 0.750. The van der Waals surface area contributed by atoms with Crippen LogP contribution in [0.5, 0.6) is 0 Å². The van der Waals surface area contributed by atoms with Crippen LogP contribution in [-0.4, -0.2) is 30.8 Å². The molecular weight excluding hydrogens is 234 g/mol. The van der Waals surface area contributed by atoms with Crippen LogP contribution in [0.25, 0.3) is 0 Å². The van der Waals surface area contributed by atoms with E-state index in [9.17, 15) is 0 Å². The van der Waals surface area contributed by atoms with Gasteiger partial charge < -0.3 is 15.8 Å². The minimum Gasteiger partial charge on any atom is -0.379 e. The van der Waals surface area contributed by atoms with Crippen molar-refractivity contribution >= 4 is 11.3 Å². The Morgan fingerprint density at radius 3 is 3.06 bits per heavy atom. The first-order chi connectivity index (χ1) is 8.01. The molecule has 3 N–H and O–H groups in total. The van der Waals surface area contributed by atoms with Crippen molar-refractivity contribution in [3.63, 3.8) is 0 Å². The lowest BCUT2D eigenvalue weighted by molar-refractivity contribution is 0.156. The van der Waals surface area contributed by atoms with E-state index < -0.39 is 0 Å². The maximum absolute atomic E-state index is 6.06. The van der Waals surface area contributed by atoms with Crippen molar-refractivity contribution in [3.05, 3.63) is 16.1 Å². The standard InChI is InChI=1S/C12H21N3OS/c1-8-4-14-11(17-8)9(2)15-6-12(3)7-16-5-10(12)13/h4,9-10,15H,5-7,13H2,1-3H3. The number of thiazole rings is 1. The summed E-state index contributed by atoms with van der Waals surface area (Å²) in [5.41, 5.74) is 6.11. The molecule has 1 fully saturated rings. The lowest BCUT2D eigenvalue weighted by Crippen LogP contribution is -2.45. The lowest BCUT2D eigenvalue weighted by Gasteiger charge is -2.28. The van der Waals surface area contributed by atoms with Gasteiger partial charge in [-0.05, 0) is 13.8 Å². The predicted molar refractivity (Wildman–Crippen MR) is 70.2 cm³/mol. The van der Waals surface area contributed by atoms with Crippen molar-refractivity contribution in [1.29, 1.82) is 0 Å². The van der Waals surface area contributed by atoms with Gasteiger partial charge in [0, 0.05) is 29.1 Å². The van der Waals surface area contributed by atoms with Crippen LogP contribution in [0.2, 0.25) is 0 Å². The minimum atomic E-state index is 0.0422. The van der Waals surface area contributed by atoms with Gasteiger partial charge in [0.2, 0.25) is 0 Å². The highest BCUT2D eigenvalue weighted by atomic mass is 32.1. The highest BCUT2D eigenvalue weighted by Gasteiger charge is 2.37. The fourth-order valence-electron chi connectivity index (χ4n) is 1.96. The molecule has 5 heteroatoms. The molecule has 3 atom stereocenters. The molecule has 1 aliphatic heterocycles. The van der Waals surface area contributed by atoms with E-state index in [4.69, 9.17) is 10.5 Å². The van der Waals surface area contributed by atoms with Crippen LogP contribution in [0, 0.1) is 12.3 Å². The SMILES string of the molecule is Cc1cnc(C(C)NCC2(C)COCC2N)s1. The van der Waals surface area contributed by atoms with Gasteiger partial charge in [-0.2, -0.15) is 0 Å². The second-order valence-electron chi connectivity index (χ2n) is 5.19. The van der Waals surface area contributed by atoms with Gasteiger partial charge in [-0.15, -0.1) is 11.3 Å². The zero-order valence-electron chi connectivity index (χ0n) is 10.7. The molecule has 2 rings (SSSR count). The summed E-state index contributed by atoms with van der Waals surface area (Å²) in [5.74, 6) is 0. The summed E-state index contributed by atoms with van der Waals surface area (Å²) in [6.07, 6.45) is 1.92. The molecule has 1 aromatic rings. The third-order valence-corrected chi connectivity index (χ3v) is 4.54. The van der Waals surface area contributed by atoms with Crippen molar-refractivity contribution in [2.45, 2.75) is 32.9 Å². The molecule has 0 saturated carbocycles. The van der Waals surface area contributed by atoms with Crippen LogP contribution in [0.4, 0.5) is 0 Å². The molecule has 0 aromatic carbocycles. The van der Waals surface area contributed by atoms with E-state index >= 15 is 0 Å². The second-order valence-corrected chi connectivity index (χ2v) is 6.45. The highest BCUT2D eigenvalue weighted by Crippen LogP contribution is 2.27. The smallest absolute Gasteiger partial charge is 0.109 e.